The molecule has 0 aliphatic rings. The third-order valence-electron chi connectivity index (χ3n) is 3.49. The van der Waals surface area contributed by atoms with E-state index in [0.717, 1.165) is 24.1 Å². The van der Waals surface area contributed by atoms with Gasteiger partial charge in [-0.1, -0.05) is 23.7 Å². The minimum Gasteiger partial charge on any atom is -0.490 e. The Labute approximate surface area is 147 Å². The van der Waals surface area contributed by atoms with E-state index in [-0.39, 0.29) is 5.82 Å². The van der Waals surface area contributed by atoms with Gasteiger partial charge in [-0.3, -0.25) is 0 Å². The van der Waals surface area contributed by atoms with E-state index in [1.54, 1.807) is 12.1 Å². The molecule has 0 saturated carbocycles. The van der Waals surface area contributed by atoms with Gasteiger partial charge in [0, 0.05) is 6.54 Å². The first-order valence-electron chi connectivity index (χ1n) is 8.17. The predicted octanol–water partition coefficient (Wildman–Crippen LogP) is 4.61. The number of halogens is 2. The van der Waals surface area contributed by atoms with E-state index in [2.05, 4.69) is 5.32 Å². The van der Waals surface area contributed by atoms with Crippen LogP contribution in [0.2, 0.25) is 5.02 Å². The van der Waals surface area contributed by atoms with Crippen molar-refractivity contribution < 1.29 is 13.9 Å². The molecule has 0 fully saturated rings. The van der Waals surface area contributed by atoms with E-state index in [0.29, 0.717) is 36.3 Å². The Hall–Kier alpha value is -1.78. The Morgan fingerprint density at radius 2 is 1.71 bits per heavy atom. The smallest absolute Gasteiger partial charge is 0.179 e. The lowest BCUT2D eigenvalue weighted by molar-refractivity contribution is 0.287. The third-order valence-corrected chi connectivity index (χ3v) is 3.77. The van der Waals surface area contributed by atoms with Gasteiger partial charge in [0.25, 0.3) is 0 Å². The van der Waals surface area contributed by atoms with Crippen LogP contribution in [0.4, 0.5) is 4.39 Å². The molecule has 130 valence electrons. The van der Waals surface area contributed by atoms with Gasteiger partial charge >= 0.3 is 0 Å². The van der Waals surface area contributed by atoms with Crippen molar-refractivity contribution in [2.24, 2.45) is 0 Å². The number of hydrogen-bond acceptors (Lipinski definition) is 3. The standard InChI is InChI=1S/C19H23ClFNO2/c1-3-23-18-12-15(11-17(20)19(18)24-4-2)13-22-10-9-14-5-7-16(21)8-6-14/h5-8,11-12,22H,3-4,9-10,13H2,1-2H3. The first-order chi connectivity index (χ1) is 11.6. The van der Waals surface area contributed by atoms with Gasteiger partial charge in [-0.15, -0.1) is 0 Å². The summed E-state index contributed by atoms with van der Waals surface area (Å²) >= 11 is 6.30. The van der Waals surface area contributed by atoms with Crippen LogP contribution in [0.3, 0.4) is 0 Å². The van der Waals surface area contributed by atoms with Crippen LogP contribution >= 0.6 is 11.6 Å². The second-order valence-corrected chi connectivity index (χ2v) is 5.73. The fourth-order valence-corrected chi connectivity index (χ4v) is 2.68. The molecule has 5 heteroatoms. The molecule has 3 nitrogen and oxygen atoms in total. The number of benzene rings is 2. The van der Waals surface area contributed by atoms with Gasteiger partial charge in [0.05, 0.1) is 18.2 Å². The van der Waals surface area contributed by atoms with E-state index >= 15 is 0 Å². The normalized spacial score (nSPS) is 10.7. The van der Waals surface area contributed by atoms with Gasteiger partial charge in [0.2, 0.25) is 0 Å². The molecule has 2 rings (SSSR count). The molecule has 24 heavy (non-hydrogen) atoms. The summed E-state index contributed by atoms with van der Waals surface area (Å²) in [5.74, 6) is 1.05. The Bertz CT molecular complexity index is 647. The van der Waals surface area contributed by atoms with E-state index in [1.165, 1.54) is 12.1 Å². The van der Waals surface area contributed by atoms with Gasteiger partial charge in [-0.2, -0.15) is 0 Å². The van der Waals surface area contributed by atoms with Crippen LogP contribution in [-0.4, -0.2) is 19.8 Å². The first kappa shape index (κ1) is 18.6. The minimum absolute atomic E-state index is 0.209. The highest BCUT2D eigenvalue weighted by Crippen LogP contribution is 2.36. The van der Waals surface area contributed by atoms with Crippen LogP contribution in [0.1, 0.15) is 25.0 Å². The number of hydrogen-bond donors (Lipinski definition) is 1. The van der Waals surface area contributed by atoms with Gasteiger partial charge < -0.3 is 14.8 Å². The van der Waals surface area contributed by atoms with Crippen molar-refractivity contribution >= 4 is 11.6 Å². The number of nitrogens with one attached hydrogen (secondary N) is 1. The van der Waals surface area contributed by atoms with Crippen molar-refractivity contribution in [3.05, 3.63) is 58.4 Å². The van der Waals surface area contributed by atoms with Crippen LogP contribution in [0.5, 0.6) is 11.5 Å². The Kier molecular flexibility index (Phi) is 7.35. The molecule has 0 saturated heterocycles. The lowest BCUT2D eigenvalue weighted by Gasteiger charge is -2.14. The monoisotopic (exact) mass is 351 g/mol. The van der Waals surface area contributed by atoms with Crippen molar-refractivity contribution in [1.29, 1.82) is 0 Å². The molecule has 0 atom stereocenters. The molecule has 0 unspecified atom stereocenters. The molecule has 0 heterocycles. The second-order valence-electron chi connectivity index (χ2n) is 5.32. The maximum absolute atomic E-state index is 12.9. The topological polar surface area (TPSA) is 30.5 Å². The summed E-state index contributed by atoms with van der Waals surface area (Å²) in [5, 5.41) is 3.92. The summed E-state index contributed by atoms with van der Waals surface area (Å²) in [7, 11) is 0. The van der Waals surface area contributed by atoms with E-state index in [4.69, 9.17) is 21.1 Å². The van der Waals surface area contributed by atoms with Gasteiger partial charge in [0.15, 0.2) is 11.5 Å². The summed E-state index contributed by atoms with van der Waals surface area (Å²) in [6.45, 7) is 6.40. The fourth-order valence-electron chi connectivity index (χ4n) is 2.39. The molecule has 0 aliphatic carbocycles. The maximum Gasteiger partial charge on any atom is 0.179 e. The maximum atomic E-state index is 12.9. The van der Waals surface area contributed by atoms with Crippen LogP contribution in [0.25, 0.3) is 0 Å². The molecule has 0 spiro atoms. The molecule has 2 aromatic rings. The molecule has 0 radical (unpaired) electrons. The highest BCUT2D eigenvalue weighted by atomic mass is 35.5. The summed E-state index contributed by atoms with van der Waals surface area (Å²) in [6.07, 6.45) is 0.837. The van der Waals surface area contributed by atoms with Gasteiger partial charge in [0.1, 0.15) is 5.82 Å². The molecule has 0 aromatic heterocycles. The van der Waals surface area contributed by atoms with Crippen molar-refractivity contribution in [1.82, 2.24) is 5.32 Å². The Balaban J connectivity index is 1.93. The number of rotatable bonds is 9. The highest BCUT2D eigenvalue weighted by Gasteiger charge is 2.12. The quantitative estimate of drug-likeness (QED) is 0.669. The third kappa shape index (κ3) is 5.39. The SMILES string of the molecule is CCOc1cc(CNCCc2ccc(F)cc2)cc(Cl)c1OCC. The average molecular weight is 352 g/mol. The summed E-state index contributed by atoms with van der Waals surface area (Å²) in [6, 6.07) is 10.4. The molecular weight excluding hydrogens is 329 g/mol. The fraction of sp³-hybridized carbons (Fsp3) is 0.368. The Morgan fingerprint density at radius 3 is 2.38 bits per heavy atom. The molecule has 0 aliphatic heterocycles. The van der Waals surface area contributed by atoms with E-state index in [9.17, 15) is 4.39 Å². The summed E-state index contributed by atoms with van der Waals surface area (Å²) in [4.78, 5) is 0. The van der Waals surface area contributed by atoms with Crippen molar-refractivity contribution in [2.45, 2.75) is 26.8 Å². The zero-order valence-electron chi connectivity index (χ0n) is 14.1. The van der Waals surface area contributed by atoms with E-state index in [1.807, 2.05) is 26.0 Å². The van der Waals surface area contributed by atoms with Crippen LogP contribution in [-0.2, 0) is 13.0 Å². The predicted molar refractivity (Wildman–Crippen MR) is 95.6 cm³/mol. The largest absolute Gasteiger partial charge is 0.490 e. The van der Waals surface area contributed by atoms with Gasteiger partial charge in [-0.25, -0.2) is 4.39 Å². The second kappa shape index (κ2) is 9.50. The summed E-state index contributed by atoms with van der Waals surface area (Å²) in [5.41, 5.74) is 2.13. The van der Waals surface area contributed by atoms with Crippen molar-refractivity contribution in [3.8, 4) is 11.5 Å². The molecule has 1 N–H and O–H groups in total. The molecule has 0 bridgehead atoms. The van der Waals surface area contributed by atoms with Crippen LogP contribution in [0.15, 0.2) is 36.4 Å². The first-order valence-corrected chi connectivity index (χ1v) is 8.55. The molecule has 2 aromatic carbocycles. The highest BCUT2D eigenvalue weighted by molar-refractivity contribution is 6.32. The summed E-state index contributed by atoms with van der Waals surface area (Å²) < 4.78 is 24.1. The zero-order valence-corrected chi connectivity index (χ0v) is 14.8. The average Bonchev–Trinajstić information content (AvgIpc) is 2.57. The lowest BCUT2D eigenvalue weighted by atomic mass is 10.1. The lowest BCUT2D eigenvalue weighted by Crippen LogP contribution is -2.17. The van der Waals surface area contributed by atoms with Crippen molar-refractivity contribution in [3.63, 3.8) is 0 Å². The molecular formula is C19H23ClFNO2. The van der Waals surface area contributed by atoms with Crippen molar-refractivity contribution in [2.75, 3.05) is 19.8 Å². The number of ether oxygens (including phenoxy) is 2. The van der Waals surface area contributed by atoms with Crippen LogP contribution in [0, 0.1) is 5.82 Å². The molecule has 0 amide bonds. The van der Waals surface area contributed by atoms with Crippen LogP contribution < -0.4 is 14.8 Å². The minimum atomic E-state index is -0.209. The Morgan fingerprint density at radius 1 is 1.00 bits per heavy atom. The van der Waals surface area contributed by atoms with E-state index < -0.39 is 0 Å². The van der Waals surface area contributed by atoms with Gasteiger partial charge in [-0.05, 0) is 62.2 Å². The zero-order chi connectivity index (χ0) is 17.4.